The summed E-state index contributed by atoms with van der Waals surface area (Å²) in [6.07, 6.45) is 4.32. The van der Waals surface area contributed by atoms with Gasteiger partial charge in [0.1, 0.15) is 12.2 Å². The number of thiazole rings is 1. The van der Waals surface area contributed by atoms with Crippen LogP contribution in [0.1, 0.15) is 15.7 Å². The maximum Gasteiger partial charge on any atom is 0.137 e. The molecule has 6 heteroatoms. The van der Waals surface area contributed by atoms with E-state index in [1.54, 1.807) is 11.3 Å². The number of hydrogen-bond acceptors (Lipinski definition) is 5. The summed E-state index contributed by atoms with van der Waals surface area (Å²) in [6, 6.07) is 0. The van der Waals surface area contributed by atoms with Crippen molar-refractivity contribution in [3.8, 4) is 0 Å². The number of nitrogens with zero attached hydrogens (tertiary/aromatic N) is 3. The van der Waals surface area contributed by atoms with Crippen LogP contribution in [0.25, 0.3) is 0 Å². The predicted octanol–water partition coefficient (Wildman–Crippen LogP) is 0.902. The third kappa shape index (κ3) is 3.10. The highest BCUT2D eigenvalue weighted by molar-refractivity contribution is 7.11. The first kappa shape index (κ1) is 10.3. The Hall–Kier alpha value is -1.27. The van der Waals surface area contributed by atoms with Gasteiger partial charge in [0.2, 0.25) is 0 Å². The minimum atomic E-state index is 0.873. The fourth-order valence-corrected chi connectivity index (χ4v) is 2.02. The SMILES string of the molecule is Cc1ncc(CNCCc2ncn[nH]2)s1. The number of aromatic amines is 1. The van der Waals surface area contributed by atoms with Gasteiger partial charge in [-0.3, -0.25) is 5.10 Å². The Kier molecular flexibility index (Phi) is 3.41. The van der Waals surface area contributed by atoms with Gasteiger partial charge in [-0.15, -0.1) is 11.3 Å². The van der Waals surface area contributed by atoms with Crippen molar-refractivity contribution in [1.29, 1.82) is 0 Å². The van der Waals surface area contributed by atoms with E-state index < -0.39 is 0 Å². The maximum atomic E-state index is 4.20. The second-order valence-corrected chi connectivity index (χ2v) is 4.52. The molecule has 2 rings (SSSR count). The number of nitrogens with one attached hydrogen (secondary N) is 2. The van der Waals surface area contributed by atoms with Crippen molar-refractivity contribution in [2.24, 2.45) is 0 Å². The Morgan fingerprint density at radius 2 is 2.40 bits per heavy atom. The van der Waals surface area contributed by atoms with E-state index >= 15 is 0 Å². The molecule has 0 aliphatic heterocycles. The Labute approximate surface area is 92.0 Å². The van der Waals surface area contributed by atoms with E-state index in [-0.39, 0.29) is 0 Å². The van der Waals surface area contributed by atoms with Crippen molar-refractivity contribution in [2.45, 2.75) is 19.9 Å². The summed E-state index contributed by atoms with van der Waals surface area (Å²) in [4.78, 5) is 9.51. The summed E-state index contributed by atoms with van der Waals surface area (Å²) in [5.74, 6) is 0.919. The lowest BCUT2D eigenvalue weighted by Crippen LogP contribution is -2.16. The normalized spacial score (nSPS) is 10.7. The van der Waals surface area contributed by atoms with E-state index in [2.05, 4.69) is 25.5 Å². The average molecular weight is 223 g/mol. The Bertz CT molecular complexity index is 394. The average Bonchev–Trinajstić information content (AvgIpc) is 2.84. The van der Waals surface area contributed by atoms with Crippen LogP contribution in [-0.4, -0.2) is 26.7 Å². The van der Waals surface area contributed by atoms with Crippen LogP contribution in [0.2, 0.25) is 0 Å². The molecule has 0 atom stereocenters. The summed E-state index contributed by atoms with van der Waals surface area (Å²) in [5.41, 5.74) is 0. The molecule has 0 aromatic carbocycles. The molecule has 0 unspecified atom stereocenters. The minimum Gasteiger partial charge on any atom is -0.311 e. The highest BCUT2D eigenvalue weighted by Gasteiger charge is 1.98. The quantitative estimate of drug-likeness (QED) is 0.739. The van der Waals surface area contributed by atoms with Crippen LogP contribution in [0, 0.1) is 6.92 Å². The monoisotopic (exact) mass is 223 g/mol. The molecule has 0 aliphatic rings. The van der Waals surface area contributed by atoms with E-state index in [4.69, 9.17) is 0 Å². The van der Waals surface area contributed by atoms with E-state index in [1.165, 1.54) is 11.2 Å². The number of aryl methyl sites for hydroxylation is 1. The number of rotatable bonds is 5. The molecule has 0 fully saturated rings. The molecule has 0 aliphatic carbocycles. The van der Waals surface area contributed by atoms with Crippen LogP contribution in [0.3, 0.4) is 0 Å². The lowest BCUT2D eigenvalue weighted by atomic mass is 10.4. The Morgan fingerprint density at radius 1 is 1.47 bits per heavy atom. The number of aromatic nitrogens is 4. The zero-order valence-corrected chi connectivity index (χ0v) is 9.34. The van der Waals surface area contributed by atoms with Gasteiger partial charge in [-0.2, -0.15) is 5.10 Å². The summed E-state index contributed by atoms with van der Waals surface area (Å²) in [6.45, 7) is 3.79. The molecule has 5 nitrogen and oxygen atoms in total. The molecule has 2 aromatic rings. The molecule has 2 heterocycles. The molecular weight excluding hydrogens is 210 g/mol. The number of hydrogen-bond donors (Lipinski definition) is 2. The smallest absolute Gasteiger partial charge is 0.137 e. The summed E-state index contributed by atoms with van der Waals surface area (Å²) >= 11 is 1.73. The van der Waals surface area contributed by atoms with Crippen molar-refractivity contribution in [3.05, 3.63) is 28.2 Å². The molecule has 0 amide bonds. The lowest BCUT2D eigenvalue weighted by molar-refractivity contribution is 0.677. The minimum absolute atomic E-state index is 0.873. The second-order valence-electron chi connectivity index (χ2n) is 3.20. The standard InChI is InChI=1S/C9H13N5S/c1-7-11-5-8(15-7)4-10-3-2-9-12-6-13-14-9/h5-6,10H,2-4H2,1H3,(H,12,13,14). The first-order chi connectivity index (χ1) is 7.34. The van der Waals surface area contributed by atoms with Crippen molar-refractivity contribution < 1.29 is 0 Å². The fraction of sp³-hybridized carbons (Fsp3) is 0.444. The van der Waals surface area contributed by atoms with Crippen molar-refractivity contribution >= 4 is 11.3 Å². The van der Waals surface area contributed by atoms with Gasteiger partial charge in [-0.05, 0) is 6.92 Å². The predicted molar refractivity (Wildman–Crippen MR) is 58.6 cm³/mol. The zero-order chi connectivity index (χ0) is 10.5. The topological polar surface area (TPSA) is 66.5 Å². The molecule has 15 heavy (non-hydrogen) atoms. The van der Waals surface area contributed by atoms with E-state index in [0.717, 1.165) is 30.3 Å². The highest BCUT2D eigenvalue weighted by Crippen LogP contribution is 2.10. The summed E-state index contributed by atoms with van der Waals surface area (Å²) in [7, 11) is 0. The zero-order valence-electron chi connectivity index (χ0n) is 8.53. The van der Waals surface area contributed by atoms with Gasteiger partial charge >= 0.3 is 0 Å². The van der Waals surface area contributed by atoms with E-state index in [9.17, 15) is 0 Å². The molecular formula is C9H13N5S. The van der Waals surface area contributed by atoms with Crippen LogP contribution in [0.15, 0.2) is 12.5 Å². The van der Waals surface area contributed by atoms with Crippen molar-refractivity contribution in [2.75, 3.05) is 6.54 Å². The molecule has 2 aromatic heterocycles. The molecule has 80 valence electrons. The summed E-state index contributed by atoms with van der Waals surface area (Å²) in [5, 5.41) is 11.1. The van der Waals surface area contributed by atoms with Gasteiger partial charge in [0.05, 0.1) is 5.01 Å². The van der Waals surface area contributed by atoms with Gasteiger partial charge in [-0.1, -0.05) is 0 Å². The molecule has 0 bridgehead atoms. The number of H-pyrrole nitrogens is 1. The Balaban J connectivity index is 1.67. The molecule has 2 N–H and O–H groups in total. The van der Waals surface area contributed by atoms with Gasteiger partial charge in [0, 0.05) is 30.6 Å². The fourth-order valence-electron chi connectivity index (χ4n) is 1.26. The Morgan fingerprint density at radius 3 is 3.07 bits per heavy atom. The van der Waals surface area contributed by atoms with Gasteiger partial charge in [0.25, 0.3) is 0 Å². The lowest BCUT2D eigenvalue weighted by Gasteiger charge is -1.99. The maximum absolute atomic E-state index is 4.20. The third-order valence-electron chi connectivity index (χ3n) is 1.97. The van der Waals surface area contributed by atoms with Crippen LogP contribution in [0.4, 0.5) is 0 Å². The molecule has 0 saturated heterocycles. The van der Waals surface area contributed by atoms with Gasteiger partial charge in [-0.25, -0.2) is 9.97 Å². The summed E-state index contributed by atoms with van der Waals surface area (Å²) < 4.78 is 0. The molecule has 0 saturated carbocycles. The van der Waals surface area contributed by atoms with E-state index in [0.29, 0.717) is 0 Å². The van der Waals surface area contributed by atoms with Crippen LogP contribution in [0.5, 0.6) is 0 Å². The van der Waals surface area contributed by atoms with Crippen LogP contribution in [-0.2, 0) is 13.0 Å². The van der Waals surface area contributed by atoms with Crippen LogP contribution < -0.4 is 5.32 Å². The van der Waals surface area contributed by atoms with Gasteiger partial charge in [0.15, 0.2) is 0 Å². The first-order valence-electron chi connectivity index (χ1n) is 4.81. The first-order valence-corrected chi connectivity index (χ1v) is 5.62. The van der Waals surface area contributed by atoms with Gasteiger partial charge < -0.3 is 5.32 Å². The molecule has 0 spiro atoms. The third-order valence-corrected chi connectivity index (χ3v) is 2.88. The van der Waals surface area contributed by atoms with E-state index in [1.807, 2.05) is 13.1 Å². The highest BCUT2D eigenvalue weighted by atomic mass is 32.1. The van der Waals surface area contributed by atoms with Crippen molar-refractivity contribution in [3.63, 3.8) is 0 Å². The van der Waals surface area contributed by atoms with Crippen LogP contribution >= 0.6 is 11.3 Å². The second kappa shape index (κ2) is 4.99. The largest absolute Gasteiger partial charge is 0.311 e. The molecule has 0 radical (unpaired) electrons. The van der Waals surface area contributed by atoms with Crippen molar-refractivity contribution in [1.82, 2.24) is 25.5 Å².